The Morgan fingerprint density at radius 3 is 2.44 bits per heavy atom. The van der Waals surface area contributed by atoms with Gasteiger partial charge in [-0.15, -0.1) is 0 Å². The largest absolute Gasteiger partial charge is 0.444 e. The molecule has 138 valence electrons. The van der Waals surface area contributed by atoms with Crippen LogP contribution in [0, 0.1) is 0 Å². The predicted octanol–water partition coefficient (Wildman–Crippen LogP) is 1.10. The van der Waals surface area contributed by atoms with Crippen molar-refractivity contribution in [3.63, 3.8) is 0 Å². The minimum absolute atomic E-state index is 0.338. The van der Waals surface area contributed by atoms with E-state index in [9.17, 15) is 15.0 Å². The van der Waals surface area contributed by atoms with Gasteiger partial charge in [0.15, 0.2) is 0 Å². The van der Waals surface area contributed by atoms with Gasteiger partial charge in [0.2, 0.25) is 0 Å². The van der Waals surface area contributed by atoms with E-state index in [1.54, 1.807) is 4.90 Å². The van der Waals surface area contributed by atoms with E-state index in [0.29, 0.717) is 38.3 Å². The zero-order valence-electron chi connectivity index (χ0n) is 15.0. The lowest BCUT2D eigenvalue weighted by molar-refractivity contribution is 0.0224. The van der Waals surface area contributed by atoms with Gasteiger partial charge in [0, 0.05) is 31.0 Å². The van der Waals surface area contributed by atoms with Crippen molar-refractivity contribution in [3.05, 3.63) is 23.3 Å². The number of hydrogen-bond acceptors (Lipinski definition) is 6. The molecule has 0 saturated carbocycles. The number of nitrogens with zero attached hydrogens (tertiary/aromatic N) is 2. The number of carbonyl (C=O) groups excluding carboxylic acids is 1. The molecule has 2 aliphatic heterocycles. The van der Waals surface area contributed by atoms with Crippen LogP contribution in [0.4, 0.5) is 16.2 Å². The van der Waals surface area contributed by atoms with E-state index in [4.69, 9.17) is 10.5 Å². The smallest absolute Gasteiger partial charge is 0.410 e. The van der Waals surface area contributed by atoms with Crippen LogP contribution in [-0.4, -0.2) is 58.6 Å². The number of nitrogens with two attached hydrogens (primary N) is 1. The highest BCUT2D eigenvalue weighted by Gasteiger charge is 2.33. The Morgan fingerprint density at radius 2 is 1.84 bits per heavy atom. The van der Waals surface area contributed by atoms with Crippen LogP contribution in [0.1, 0.15) is 31.9 Å². The van der Waals surface area contributed by atoms with Crippen molar-refractivity contribution in [3.8, 4) is 0 Å². The third-order valence-corrected chi connectivity index (χ3v) is 4.67. The molecular weight excluding hydrogens is 322 g/mol. The van der Waals surface area contributed by atoms with Gasteiger partial charge in [0.25, 0.3) is 0 Å². The number of β-amino-alcohol motifs (C(OH)–C–C–N with tert-alkyl or cyclic N) is 2. The molecule has 0 aromatic heterocycles. The molecule has 7 heteroatoms. The summed E-state index contributed by atoms with van der Waals surface area (Å²) in [5, 5.41) is 19.7. The van der Waals surface area contributed by atoms with Crippen LogP contribution in [0.15, 0.2) is 12.1 Å². The summed E-state index contributed by atoms with van der Waals surface area (Å²) in [6.45, 7) is 7.29. The van der Waals surface area contributed by atoms with Crippen molar-refractivity contribution in [2.45, 2.75) is 51.5 Å². The lowest BCUT2D eigenvalue weighted by Gasteiger charge is -2.34. The van der Waals surface area contributed by atoms with Gasteiger partial charge in [-0.1, -0.05) is 0 Å². The van der Waals surface area contributed by atoms with Gasteiger partial charge in [-0.2, -0.15) is 0 Å². The first-order valence-electron chi connectivity index (χ1n) is 8.65. The minimum atomic E-state index is -0.741. The molecule has 2 heterocycles. The van der Waals surface area contributed by atoms with Gasteiger partial charge in [0.1, 0.15) is 5.60 Å². The third-order valence-electron chi connectivity index (χ3n) is 4.67. The number of benzene rings is 1. The zero-order valence-corrected chi connectivity index (χ0v) is 15.0. The first-order valence-corrected chi connectivity index (χ1v) is 8.65. The average Bonchev–Trinajstić information content (AvgIpc) is 2.85. The Bertz CT molecular complexity index is 661. The lowest BCUT2D eigenvalue weighted by Crippen LogP contribution is -2.40. The van der Waals surface area contributed by atoms with Crippen LogP contribution in [0.3, 0.4) is 0 Å². The van der Waals surface area contributed by atoms with Crippen LogP contribution in [0.2, 0.25) is 0 Å². The van der Waals surface area contributed by atoms with Crippen molar-refractivity contribution in [2.75, 3.05) is 30.3 Å². The first kappa shape index (κ1) is 17.8. The molecule has 0 aliphatic carbocycles. The number of amides is 1. The summed E-state index contributed by atoms with van der Waals surface area (Å²) < 4.78 is 5.46. The molecule has 0 radical (unpaired) electrons. The fourth-order valence-electron chi connectivity index (χ4n) is 3.43. The first-order chi connectivity index (χ1) is 11.7. The van der Waals surface area contributed by atoms with Gasteiger partial charge in [-0.3, -0.25) is 0 Å². The SMILES string of the molecule is CC(C)(C)OC(=O)N1CCc2c(N3CC(O)C(O)C3)ccc(N)c2C1. The van der Waals surface area contributed by atoms with E-state index in [1.807, 2.05) is 37.8 Å². The number of anilines is 2. The number of carbonyl (C=O) groups is 1. The number of nitrogen functional groups attached to an aromatic ring is 1. The van der Waals surface area contributed by atoms with Crippen LogP contribution in [-0.2, 0) is 17.7 Å². The molecule has 0 bridgehead atoms. The zero-order chi connectivity index (χ0) is 18.4. The molecular formula is C18H27N3O4. The number of aliphatic hydroxyl groups is 2. The fraction of sp³-hybridized carbons (Fsp3) is 0.611. The molecule has 2 aliphatic rings. The summed E-state index contributed by atoms with van der Waals surface area (Å²) in [6, 6.07) is 3.76. The molecule has 1 saturated heterocycles. The van der Waals surface area contributed by atoms with Crippen LogP contribution < -0.4 is 10.6 Å². The van der Waals surface area contributed by atoms with Crippen LogP contribution >= 0.6 is 0 Å². The summed E-state index contributed by atoms with van der Waals surface area (Å²) in [5.74, 6) is 0. The van der Waals surface area contributed by atoms with Crippen molar-refractivity contribution in [2.24, 2.45) is 0 Å². The summed E-state index contributed by atoms with van der Waals surface area (Å²) in [7, 11) is 0. The summed E-state index contributed by atoms with van der Waals surface area (Å²) >= 11 is 0. The standard InChI is InChI=1S/C18H27N3O4/c1-18(2,3)25-17(24)20-7-6-11-12(8-20)13(19)4-5-14(11)21-9-15(22)16(23)10-21/h4-5,15-16,22-23H,6-10,19H2,1-3H3. The van der Waals surface area contributed by atoms with Crippen molar-refractivity contribution in [1.29, 1.82) is 0 Å². The highest BCUT2D eigenvalue weighted by Crippen LogP contribution is 2.35. The summed E-state index contributed by atoms with van der Waals surface area (Å²) in [6.07, 6.45) is -1.16. The molecule has 0 spiro atoms. The number of fused-ring (bicyclic) bond motifs is 1. The van der Waals surface area contributed by atoms with Crippen LogP contribution in [0.25, 0.3) is 0 Å². The Morgan fingerprint density at radius 1 is 1.20 bits per heavy atom. The lowest BCUT2D eigenvalue weighted by atomic mass is 9.95. The van der Waals surface area contributed by atoms with Gasteiger partial charge >= 0.3 is 6.09 Å². The molecule has 1 aromatic rings. The second kappa shape index (κ2) is 6.38. The molecule has 25 heavy (non-hydrogen) atoms. The number of aliphatic hydroxyl groups excluding tert-OH is 2. The third kappa shape index (κ3) is 3.67. The van der Waals surface area contributed by atoms with Gasteiger partial charge < -0.3 is 30.5 Å². The van der Waals surface area contributed by atoms with Crippen molar-refractivity contribution in [1.82, 2.24) is 4.90 Å². The van der Waals surface area contributed by atoms with E-state index >= 15 is 0 Å². The maximum absolute atomic E-state index is 12.3. The molecule has 7 nitrogen and oxygen atoms in total. The Labute approximate surface area is 148 Å². The minimum Gasteiger partial charge on any atom is -0.444 e. The predicted molar refractivity (Wildman–Crippen MR) is 95.4 cm³/mol. The van der Waals surface area contributed by atoms with Crippen molar-refractivity contribution >= 4 is 17.5 Å². The van der Waals surface area contributed by atoms with Crippen LogP contribution in [0.5, 0.6) is 0 Å². The van der Waals surface area contributed by atoms with Gasteiger partial charge in [-0.05, 0) is 50.5 Å². The van der Waals surface area contributed by atoms with Gasteiger partial charge in [0.05, 0.1) is 18.8 Å². The van der Waals surface area contributed by atoms with E-state index < -0.39 is 17.8 Å². The fourth-order valence-corrected chi connectivity index (χ4v) is 3.43. The quantitative estimate of drug-likeness (QED) is 0.657. The summed E-state index contributed by atoms with van der Waals surface area (Å²) in [5.41, 5.74) is 9.25. The van der Waals surface area contributed by atoms with E-state index in [0.717, 1.165) is 16.8 Å². The van der Waals surface area contributed by atoms with Crippen molar-refractivity contribution < 1.29 is 19.7 Å². The van der Waals surface area contributed by atoms with Gasteiger partial charge in [-0.25, -0.2) is 4.79 Å². The Hall–Kier alpha value is -1.99. The molecule has 3 rings (SSSR count). The number of ether oxygens (including phenoxy) is 1. The second-order valence-corrected chi connectivity index (χ2v) is 7.82. The molecule has 1 amide bonds. The highest BCUT2D eigenvalue weighted by molar-refractivity contribution is 5.72. The monoisotopic (exact) mass is 349 g/mol. The molecule has 1 fully saturated rings. The van der Waals surface area contributed by atoms with E-state index in [1.165, 1.54) is 0 Å². The molecule has 2 unspecified atom stereocenters. The molecule has 2 atom stereocenters. The Kier molecular flexibility index (Phi) is 4.55. The Balaban J connectivity index is 1.83. The maximum atomic E-state index is 12.3. The average molecular weight is 349 g/mol. The topological polar surface area (TPSA) is 99.3 Å². The molecule has 4 N–H and O–H groups in total. The second-order valence-electron chi connectivity index (χ2n) is 7.82. The normalized spacial score (nSPS) is 23.6. The van der Waals surface area contributed by atoms with E-state index in [2.05, 4.69) is 0 Å². The number of rotatable bonds is 1. The maximum Gasteiger partial charge on any atom is 0.410 e. The van der Waals surface area contributed by atoms with E-state index in [-0.39, 0.29) is 6.09 Å². The molecule has 1 aromatic carbocycles. The summed E-state index contributed by atoms with van der Waals surface area (Å²) in [4.78, 5) is 16.0. The highest BCUT2D eigenvalue weighted by atomic mass is 16.6. The number of hydrogen-bond donors (Lipinski definition) is 3.